The molecule has 0 fully saturated rings. The van der Waals surface area contributed by atoms with E-state index >= 15 is 0 Å². The molecule has 0 amide bonds. The van der Waals surface area contributed by atoms with Gasteiger partial charge in [-0.25, -0.2) is 0 Å². The predicted octanol–water partition coefficient (Wildman–Crippen LogP) is 2.12. The number of hydrogen-bond donors (Lipinski definition) is 1. The number of anilines is 1. The van der Waals surface area contributed by atoms with E-state index in [9.17, 15) is 5.11 Å². The third-order valence-electron chi connectivity index (χ3n) is 3.08. The number of aliphatic hydroxyl groups is 1. The van der Waals surface area contributed by atoms with Crippen LogP contribution in [0, 0.1) is 0 Å². The monoisotopic (exact) mass is 191 g/mol. The minimum atomic E-state index is -0.651. The van der Waals surface area contributed by atoms with Crippen molar-refractivity contribution in [3.8, 4) is 0 Å². The van der Waals surface area contributed by atoms with Crippen LogP contribution in [0.5, 0.6) is 0 Å². The fraction of sp³-hybridized carbons (Fsp3) is 0.500. The Kier molecular flexibility index (Phi) is 2.23. The van der Waals surface area contributed by atoms with E-state index in [2.05, 4.69) is 17.9 Å². The second-order valence-corrected chi connectivity index (χ2v) is 4.12. The van der Waals surface area contributed by atoms with Gasteiger partial charge in [-0.1, -0.05) is 18.2 Å². The first kappa shape index (κ1) is 9.53. The Morgan fingerprint density at radius 3 is 2.86 bits per heavy atom. The van der Waals surface area contributed by atoms with E-state index in [1.54, 1.807) is 0 Å². The molecule has 0 bridgehead atoms. The van der Waals surface area contributed by atoms with E-state index in [1.807, 2.05) is 25.1 Å². The zero-order valence-corrected chi connectivity index (χ0v) is 8.83. The SMILES string of the molecule is CCN1CCC(C)(O)c2ccccc21. The first-order valence-corrected chi connectivity index (χ1v) is 5.22. The molecule has 0 aliphatic carbocycles. The van der Waals surface area contributed by atoms with Gasteiger partial charge in [-0.05, 0) is 26.3 Å². The summed E-state index contributed by atoms with van der Waals surface area (Å²) in [5.74, 6) is 0. The van der Waals surface area contributed by atoms with Gasteiger partial charge in [-0.2, -0.15) is 0 Å². The van der Waals surface area contributed by atoms with Crippen molar-refractivity contribution in [2.75, 3.05) is 18.0 Å². The second kappa shape index (κ2) is 3.28. The lowest BCUT2D eigenvalue weighted by molar-refractivity contribution is 0.0457. The first-order chi connectivity index (χ1) is 6.65. The molecule has 1 atom stereocenters. The van der Waals surface area contributed by atoms with E-state index in [1.165, 1.54) is 5.69 Å². The van der Waals surface area contributed by atoms with Crippen molar-refractivity contribution in [1.29, 1.82) is 0 Å². The molecule has 0 saturated heterocycles. The number of nitrogens with zero attached hydrogens (tertiary/aromatic N) is 1. The summed E-state index contributed by atoms with van der Waals surface area (Å²) in [5.41, 5.74) is 1.60. The predicted molar refractivity (Wildman–Crippen MR) is 58.5 cm³/mol. The highest BCUT2D eigenvalue weighted by atomic mass is 16.3. The quantitative estimate of drug-likeness (QED) is 0.735. The molecule has 2 rings (SSSR count). The molecule has 1 aromatic carbocycles. The van der Waals surface area contributed by atoms with Crippen LogP contribution in [0.4, 0.5) is 5.69 Å². The summed E-state index contributed by atoms with van der Waals surface area (Å²) in [6.07, 6.45) is 0.817. The molecule has 1 aromatic rings. The molecule has 1 heterocycles. The minimum Gasteiger partial charge on any atom is -0.385 e. The molecule has 0 radical (unpaired) electrons. The lowest BCUT2D eigenvalue weighted by Crippen LogP contribution is -2.38. The van der Waals surface area contributed by atoms with Crippen LogP contribution in [-0.2, 0) is 5.60 Å². The molecule has 2 nitrogen and oxygen atoms in total. The largest absolute Gasteiger partial charge is 0.385 e. The molecule has 1 aliphatic rings. The average Bonchev–Trinajstić information content (AvgIpc) is 2.18. The van der Waals surface area contributed by atoms with Crippen LogP contribution in [-0.4, -0.2) is 18.2 Å². The van der Waals surface area contributed by atoms with Crippen LogP contribution in [0.1, 0.15) is 25.8 Å². The molecule has 1 unspecified atom stereocenters. The topological polar surface area (TPSA) is 23.5 Å². The van der Waals surface area contributed by atoms with E-state index < -0.39 is 5.60 Å². The van der Waals surface area contributed by atoms with Gasteiger partial charge in [0.15, 0.2) is 0 Å². The summed E-state index contributed by atoms with van der Waals surface area (Å²) in [4.78, 5) is 2.31. The Hall–Kier alpha value is -1.02. The van der Waals surface area contributed by atoms with Crippen molar-refractivity contribution in [2.45, 2.75) is 25.9 Å². The Labute approximate surface area is 85.2 Å². The number of para-hydroxylation sites is 1. The highest BCUT2D eigenvalue weighted by molar-refractivity contribution is 5.57. The molecule has 14 heavy (non-hydrogen) atoms. The van der Waals surface area contributed by atoms with Crippen LogP contribution >= 0.6 is 0 Å². The maximum Gasteiger partial charge on any atom is 0.0905 e. The highest BCUT2D eigenvalue weighted by Crippen LogP contribution is 2.37. The first-order valence-electron chi connectivity index (χ1n) is 5.22. The summed E-state index contributed by atoms with van der Waals surface area (Å²) in [6, 6.07) is 8.14. The molecule has 0 spiro atoms. The van der Waals surface area contributed by atoms with Gasteiger partial charge in [-0.3, -0.25) is 0 Å². The van der Waals surface area contributed by atoms with E-state index in [0.29, 0.717) is 0 Å². The molecule has 1 aliphatic heterocycles. The van der Waals surface area contributed by atoms with Crippen molar-refractivity contribution >= 4 is 5.69 Å². The fourth-order valence-corrected chi connectivity index (χ4v) is 2.14. The van der Waals surface area contributed by atoms with Crippen LogP contribution in [0.3, 0.4) is 0 Å². The Morgan fingerprint density at radius 2 is 2.14 bits per heavy atom. The maximum atomic E-state index is 10.2. The van der Waals surface area contributed by atoms with Gasteiger partial charge in [0, 0.05) is 24.3 Å². The van der Waals surface area contributed by atoms with Crippen molar-refractivity contribution < 1.29 is 5.11 Å². The van der Waals surface area contributed by atoms with Crippen LogP contribution in [0.2, 0.25) is 0 Å². The van der Waals surface area contributed by atoms with E-state index in [-0.39, 0.29) is 0 Å². The normalized spacial score (nSPS) is 26.1. The second-order valence-electron chi connectivity index (χ2n) is 4.12. The molecular formula is C12H17NO. The highest BCUT2D eigenvalue weighted by Gasteiger charge is 2.31. The van der Waals surface area contributed by atoms with Gasteiger partial charge in [0.1, 0.15) is 0 Å². The fourth-order valence-electron chi connectivity index (χ4n) is 2.14. The lowest BCUT2D eigenvalue weighted by Gasteiger charge is -2.38. The summed E-state index contributed by atoms with van der Waals surface area (Å²) in [5, 5.41) is 10.2. The lowest BCUT2D eigenvalue weighted by atomic mass is 9.87. The number of rotatable bonds is 1. The third-order valence-corrected chi connectivity index (χ3v) is 3.08. The van der Waals surface area contributed by atoms with Crippen LogP contribution in [0.25, 0.3) is 0 Å². The van der Waals surface area contributed by atoms with E-state index in [4.69, 9.17) is 0 Å². The van der Waals surface area contributed by atoms with Crippen molar-refractivity contribution in [2.24, 2.45) is 0 Å². The summed E-state index contributed by atoms with van der Waals surface area (Å²) < 4.78 is 0. The Morgan fingerprint density at radius 1 is 1.43 bits per heavy atom. The van der Waals surface area contributed by atoms with Gasteiger partial charge in [0.2, 0.25) is 0 Å². The number of benzene rings is 1. The molecule has 2 heteroatoms. The Balaban J connectivity index is 2.49. The van der Waals surface area contributed by atoms with Crippen molar-refractivity contribution in [3.63, 3.8) is 0 Å². The molecule has 0 saturated carbocycles. The van der Waals surface area contributed by atoms with Crippen molar-refractivity contribution in [3.05, 3.63) is 29.8 Å². The zero-order valence-electron chi connectivity index (χ0n) is 8.83. The summed E-state index contributed by atoms with van der Waals surface area (Å²) in [7, 11) is 0. The Bertz CT molecular complexity index is 333. The van der Waals surface area contributed by atoms with Crippen molar-refractivity contribution in [1.82, 2.24) is 0 Å². The van der Waals surface area contributed by atoms with E-state index in [0.717, 1.165) is 25.1 Å². The summed E-state index contributed by atoms with van der Waals surface area (Å²) >= 11 is 0. The number of hydrogen-bond acceptors (Lipinski definition) is 2. The maximum absolute atomic E-state index is 10.2. The third kappa shape index (κ3) is 1.40. The van der Waals surface area contributed by atoms with Gasteiger partial charge in [0.05, 0.1) is 5.60 Å². The molecule has 0 aromatic heterocycles. The van der Waals surface area contributed by atoms with Gasteiger partial charge in [0.25, 0.3) is 0 Å². The average molecular weight is 191 g/mol. The minimum absolute atomic E-state index is 0.651. The molecule has 76 valence electrons. The molecular weight excluding hydrogens is 174 g/mol. The number of fused-ring (bicyclic) bond motifs is 1. The molecule has 1 N–H and O–H groups in total. The van der Waals surface area contributed by atoms with Gasteiger partial charge >= 0.3 is 0 Å². The van der Waals surface area contributed by atoms with Gasteiger partial charge in [-0.15, -0.1) is 0 Å². The smallest absolute Gasteiger partial charge is 0.0905 e. The zero-order chi connectivity index (χ0) is 10.2. The standard InChI is InChI=1S/C12H17NO/c1-3-13-9-8-12(2,14)10-6-4-5-7-11(10)13/h4-7,14H,3,8-9H2,1-2H3. The van der Waals surface area contributed by atoms with Crippen LogP contribution < -0.4 is 4.90 Å². The summed E-state index contributed by atoms with van der Waals surface area (Å²) in [6.45, 7) is 6.00. The van der Waals surface area contributed by atoms with Crippen LogP contribution in [0.15, 0.2) is 24.3 Å². The van der Waals surface area contributed by atoms with Gasteiger partial charge < -0.3 is 10.0 Å².